The summed E-state index contributed by atoms with van der Waals surface area (Å²) >= 11 is 1.24. The van der Waals surface area contributed by atoms with E-state index in [2.05, 4.69) is 37.1 Å². The standard InChI is InChI=1S/C24H22F2N8O3S/c1-14(25)23(36)34-7-8-37-12-18(34)22(35)28-5-6-33-13-31-16-10-29-20(9-17(16)33)32-24-30-11-19(38-24)21-15(26)3-2-4-27-21/h2-4,9-11,13,18H,1,5-8,12H2,(H,28,35)(H,29,30,32)/t18-/m0/s1. The second kappa shape index (κ2) is 11.0. The van der Waals surface area contributed by atoms with Gasteiger partial charge in [-0.2, -0.15) is 0 Å². The van der Waals surface area contributed by atoms with Crippen LogP contribution in [0.5, 0.6) is 0 Å². The molecule has 0 unspecified atom stereocenters. The number of morpholine rings is 1. The molecule has 14 heteroatoms. The van der Waals surface area contributed by atoms with Gasteiger partial charge in [0.1, 0.15) is 28.9 Å². The third-order valence-electron chi connectivity index (χ3n) is 5.82. The molecule has 5 rings (SSSR count). The Balaban J connectivity index is 1.23. The minimum atomic E-state index is -1.12. The van der Waals surface area contributed by atoms with E-state index >= 15 is 0 Å². The number of aromatic nitrogens is 5. The quantitative estimate of drug-likeness (QED) is 0.327. The van der Waals surface area contributed by atoms with Gasteiger partial charge in [-0.05, 0) is 12.1 Å². The van der Waals surface area contributed by atoms with E-state index in [1.54, 1.807) is 24.8 Å². The molecule has 38 heavy (non-hydrogen) atoms. The summed E-state index contributed by atoms with van der Waals surface area (Å²) in [6, 6.07) is 3.71. The molecule has 1 aliphatic rings. The first kappa shape index (κ1) is 25.4. The smallest absolute Gasteiger partial charge is 0.282 e. The highest BCUT2D eigenvalue weighted by Crippen LogP contribution is 2.30. The van der Waals surface area contributed by atoms with Crippen LogP contribution in [0.2, 0.25) is 0 Å². The molecule has 196 valence electrons. The zero-order chi connectivity index (χ0) is 26.6. The van der Waals surface area contributed by atoms with Crippen molar-refractivity contribution in [2.75, 3.05) is 31.6 Å². The van der Waals surface area contributed by atoms with Crippen LogP contribution in [0.3, 0.4) is 0 Å². The average molecular weight is 541 g/mol. The summed E-state index contributed by atoms with van der Waals surface area (Å²) in [7, 11) is 0. The van der Waals surface area contributed by atoms with Crippen LogP contribution in [0.1, 0.15) is 0 Å². The molecule has 0 bridgehead atoms. The van der Waals surface area contributed by atoms with Gasteiger partial charge >= 0.3 is 0 Å². The number of anilines is 2. The number of halogens is 2. The Bertz CT molecular complexity index is 1510. The maximum atomic E-state index is 14.0. The fourth-order valence-corrected chi connectivity index (χ4v) is 4.78. The molecule has 1 atom stereocenters. The largest absolute Gasteiger partial charge is 0.377 e. The van der Waals surface area contributed by atoms with Gasteiger partial charge in [0.15, 0.2) is 11.0 Å². The Kier molecular flexibility index (Phi) is 7.33. The number of amides is 2. The van der Waals surface area contributed by atoms with E-state index in [1.807, 2.05) is 4.57 Å². The number of pyridine rings is 2. The number of carbonyl (C=O) groups is 2. The average Bonchev–Trinajstić information content (AvgIpc) is 3.55. The second-order valence-corrected chi connectivity index (χ2v) is 9.30. The molecule has 1 fully saturated rings. The minimum absolute atomic E-state index is 0.0228. The van der Waals surface area contributed by atoms with Crippen LogP contribution >= 0.6 is 11.3 Å². The minimum Gasteiger partial charge on any atom is -0.377 e. The molecule has 0 aromatic carbocycles. The van der Waals surface area contributed by atoms with Crippen LogP contribution in [0.15, 0.2) is 55.5 Å². The number of nitrogens with zero attached hydrogens (tertiary/aromatic N) is 6. The highest BCUT2D eigenvalue weighted by Gasteiger charge is 2.33. The number of ether oxygens (including phenoxy) is 1. The van der Waals surface area contributed by atoms with Crippen LogP contribution in [-0.2, 0) is 20.9 Å². The Hall–Kier alpha value is -4.30. The fourth-order valence-electron chi connectivity index (χ4n) is 3.96. The van der Waals surface area contributed by atoms with Crippen LogP contribution in [0.4, 0.5) is 19.7 Å². The van der Waals surface area contributed by atoms with Gasteiger partial charge in [-0.1, -0.05) is 17.9 Å². The number of nitrogens with one attached hydrogen (secondary N) is 2. The van der Waals surface area contributed by atoms with Crippen molar-refractivity contribution in [3.05, 3.63) is 61.3 Å². The molecule has 1 saturated heterocycles. The van der Waals surface area contributed by atoms with Gasteiger partial charge < -0.3 is 24.8 Å². The molecule has 11 nitrogen and oxygen atoms in total. The van der Waals surface area contributed by atoms with Crippen LogP contribution in [0, 0.1) is 5.82 Å². The van der Waals surface area contributed by atoms with Gasteiger partial charge in [0.25, 0.3) is 5.91 Å². The molecule has 5 heterocycles. The Morgan fingerprint density at radius 3 is 2.92 bits per heavy atom. The molecule has 0 radical (unpaired) electrons. The Labute approximate surface area is 219 Å². The summed E-state index contributed by atoms with van der Waals surface area (Å²) in [5.74, 6) is -2.41. The first-order chi connectivity index (χ1) is 18.4. The predicted octanol–water partition coefficient (Wildman–Crippen LogP) is 2.66. The highest BCUT2D eigenvalue weighted by molar-refractivity contribution is 7.18. The van der Waals surface area contributed by atoms with Crippen molar-refractivity contribution in [3.63, 3.8) is 0 Å². The van der Waals surface area contributed by atoms with Crippen molar-refractivity contribution in [1.82, 2.24) is 34.7 Å². The fraction of sp³-hybridized carbons (Fsp3) is 0.250. The lowest BCUT2D eigenvalue weighted by Crippen LogP contribution is -2.56. The lowest BCUT2D eigenvalue weighted by molar-refractivity contribution is -0.146. The van der Waals surface area contributed by atoms with Gasteiger partial charge in [0.2, 0.25) is 5.91 Å². The zero-order valence-corrected chi connectivity index (χ0v) is 20.8. The van der Waals surface area contributed by atoms with E-state index in [0.717, 1.165) is 10.4 Å². The van der Waals surface area contributed by atoms with Crippen LogP contribution in [-0.4, -0.2) is 73.6 Å². The molecular weight excluding hydrogens is 518 g/mol. The van der Waals surface area contributed by atoms with Crippen molar-refractivity contribution in [2.45, 2.75) is 12.6 Å². The second-order valence-electron chi connectivity index (χ2n) is 8.27. The van der Waals surface area contributed by atoms with Gasteiger partial charge in [-0.15, -0.1) is 0 Å². The molecule has 0 saturated carbocycles. The number of thiazole rings is 1. The van der Waals surface area contributed by atoms with Gasteiger partial charge in [-0.25, -0.2) is 23.7 Å². The number of hydrogen-bond donors (Lipinski definition) is 2. The normalized spacial score (nSPS) is 15.4. The third kappa shape index (κ3) is 5.35. The lowest BCUT2D eigenvalue weighted by Gasteiger charge is -2.34. The van der Waals surface area contributed by atoms with E-state index in [9.17, 15) is 18.4 Å². The van der Waals surface area contributed by atoms with Crippen molar-refractivity contribution in [1.29, 1.82) is 0 Å². The third-order valence-corrected chi connectivity index (χ3v) is 6.74. The SMILES string of the molecule is C=C(F)C(=O)N1CCOC[C@H]1C(=O)NCCn1cnc2cnc(Nc3ncc(-c4ncccc4F)s3)cc21. The van der Waals surface area contributed by atoms with E-state index in [4.69, 9.17) is 4.74 Å². The lowest BCUT2D eigenvalue weighted by atomic mass is 10.2. The Morgan fingerprint density at radius 1 is 1.24 bits per heavy atom. The summed E-state index contributed by atoms with van der Waals surface area (Å²) < 4.78 is 34.6. The summed E-state index contributed by atoms with van der Waals surface area (Å²) in [6.07, 6.45) is 6.29. The first-order valence-electron chi connectivity index (χ1n) is 11.6. The number of rotatable bonds is 8. The molecule has 0 aliphatic carbocycles. The maximum Gasteiger partial charge on any atom is 0.282 e. The molecule has 0 spiro atoms. The van der Waals surface area contributed by atoms with Crippen molar-refractivity contribution in [3.8, 4) is 10.6 Å². The van der Waals surface area contributed by atoms with Gasteiger partial charge in [0.05, 0.1) is 36.1 Å². The van der Waals surface area contributed by atoms with E-state index in [-0.39, 0.29) is 32.0 Å². The first-order valence-corrected chi connectivity index (χ1v) is 12.4. The number of carbonyl (C=O) groups excluding carboxylic acids is 2. The predicted molar refractivity (Wildman–Crippen MR) is 136 cm³/mol. The molecule has 2 N–H and O–H groups in total. The topological polar surface area (TPSA) is 127 Å². The van der Waals surface area contributed by atoms with Crippen LogP contribution in [0.25, 0.3) is 21.6 Å². The van der Waals surface area contributed by atoms with Crippen LogP contribution < -0.4 is 10.6 Å². The molecule has 4 aromatic heterocycles. The van der Waals surface area contributed by atoms with E-state index in [1.165, 1.54) is 29.7 Å². The summed E-state index contributed by atoms with van der Waals surface area (Å²) in [5, 5.41) is 6.39. The van der Waals surface area contributed by atoms with Crippen molar-refractivity contribution < 1.29 is 23.1 Å². The van der Waals surface area contributed by atoms with Gasteiger partial charge in [0, 0.05) is 38.1 Å². The van der Waals surface area contributed by atoms with Gasteiger partial charge in [-0.3, -0.25) is 14.6 Å². The zero-order valence-electron chi connectivity index (χ0n) is 19.9. The summed E-state index contributed by atoms with van der Waals surface area (Å²) in [6.45, 7) is 3.94. The van der Waals surface area contributed by atoms with Crippen molar-refractivity contribution >= 4 is 45.1 Å². The maximum absolute atomic E-state index is 14.0. The number of hydrogen-bond acceptors (Lipinski definition) is 9. The highest BCUT2D eigenvalue weighted by atomic mass is 32.1. The molecule has 4 aromatic rings. The monoisotopic (exact) mass is 540 g/mol. The van der Waals surface area contributed by atoms with E-state index < -0.39 is 29.5 Å². The molecule has 1 aliphatic heterocycles. The summed E-state index contributed by atoms with van der Waals surface area (Å²) in [4.78, 5) is 43.5. The molecule has 2 amide bonds. The van der Waals surface area contributed by atoms with E-state index in [0.29, 0.717) is 27.9 Å². The molecular formula is C24H22F2N8O3S. The number of imidazole rings is 1. The Morgan fingerprint density at radius 2 is 2.11 bits per heavy atom. The summed E-state index contributed by atoms with van der Waals surface area (Å²) in [5.41, 5.74) is 1.63. The number of fused-ring (bicyclic) bond motifs is 1. The van der Waals surface area contributed by atoms with Crippen molar-refractivity contribution in [2.24, 2.45) is 0 Å².